The molecule has 0 aliphatic heterocycles. The molecule has 1 amide bonds. The summed E-state index contributed by atoms with van der Waals surface area (Å²) in [4.78, 5) is 24.6. The Kier molecular flexibility index (Phi) is 7.00. The van der Waals surface area contributed by atoms with Crippen molar-refractivity contribution in [3.8, 4) is 11.8 Å². The van der Waals surface area contributed by atoms with E-state index >= 15 is 0 Å². The smallest absolute Gasteiger partial charge is 0.347 e. The van der Waals surface area contributed by atoms with Gasteiger partial charge in [0.05, 0.1) is 11.3 Å². The van der Waals surface area contributed by atoms with Gasteiger partial charge in [0.2, 0.25) is 0 Å². The molecule has 0 radical (unpaired) electrons. The molecule has 0 aliphatic carbocycles. The Bertz CT molecular complexity index is 908. The first-order valence-electron chi connectivity index (χ1n) is 9.39. The maximum absolute atomic E-state index is 12.3. The number of esters is 1. The molecule has 29 heavy (non-hydrogen) atoms. The summed E-state index contributed by atoms with van der Waals surface area (Å²) in [7, 11) is 0. The van der Waals surface area contributed by atoms with Crippen LogP contribution in [0.15, 0.2) is 48.5 Å². The predicted octanol–water partition coefficient (Wildman–Crippen LogP) is 4.19. The van der Waals surface area contributed by atoms with E-state index in [1.165, 1.54) is 6.92 Å². The lowest BCUT2D eigenvalue weighted by Crippen LogP contribution is -2.35. The zero-order chi connectivity index (χ0) is 21.6. The monoisotopic (exact) mass is 394 g/mol. The van der Waals surface area contributed by atoms with Crippen molar-refractivity contribution in [2.45, 2.75) is 52.2 Å². The van der Waals surface area contributed by atoms with E-state index in [1.807, 2.05) is 18.2 Å². The lowest BCUT2D eigenvalue weighted by Gasteiger charge is -2.20. The van der Waals surface area contributed by atoms with Crippen LogP contribution in [0.2, 0.25) is 0 Å². The van der Waals surface area contributed by atoms with Crippen molar-refractivity contribution in [2.75, 3.05) is 5.32 Å². The van der Waals surface area contributed by atoms with Crippen LogP contribution in [-0.2, 0) is 19.7 Å². The molecule has 0 bridgehead atoms. The molecule has 1 N–H and O–H groups in total. The topological polar surface area (TPSA) is 88.4 Å². The lowest BCUT2D eigenvalue weighted by molar-refractivity contribution is -0.159. The number of carbonyl (C=O) groups excluding carboxylic acids is 2. The molecule has 2 aromatic rings. The van der Waals surface area contributed by atoms with Crippen LogP contribution in [0.1, 0.15) is 45.7 Å². The van der Waals surface area contributed by atoms with Gasteiger partial charge >= 0.3 is 5.97 Å². The summed E-state index contributed by atoms with van der Waals surface area (Å²) in [6, 6.07) is 16.1. The van der Waals surface area contributed by atoms with Gasteiger partial charge in [-0.15, -0.1) is 0 Å². The minimum absolute atomic E-state index is 0.0238. The number of ether oxygens (including phenoxy) is 2. The number of nitrogens with zero attached hydrogens (tertiary/aromatic N) is 1. The normalized spacial score (nSPS) is 13.0. The first kappa shape index (κ1) is 22.0. The van der Waals surface area contributed by atoms with Crippen molar-refractivity contribution in [1.29, 1.82) is 5.26 Å². The van der Waals surface area contributed by atoms with Gasteiger partial charge in [-0.05, 0) is 49.1 Å². The van der Waals surface area contributed by atoms with Crippen molar-refractivity contribution in [1.82, 2.24) is 0 Å². The molecule has 0 saturated heterocycles. The number of carbonyl (C=O) groups is 2. The molecule has 0 heterocycles. The Morgan fingerprint density at radius 1 is 1.00 bits per heavy atom. The van der Waals surface area contributed by atoms with E-state index in [9.17, 15) is 9.59 Å². The number of hydrogen-bond acceptors (Lipinski definition) is 5. The highest BCUT2D eigenvalue weighted by atomic mass is 16.6. The average molecular weight is 394 g/mol. The Morgan fingerprint density at radius 3 is 2.21 bits per heavy atom. The maximum atomic E-state index is 12.3. The van der Waals surface area contributed by atoms with E-state index in [0.717, 1.165) is 5.56 Å². The SMILES string of the molecule is C[C@H](Oc1ccc(C(C)(C)C)cc1)C(=O)O[C@H](C)C(=O)Nc1ccccc1C#N. The van der Waals surface area contributed by atoms with Gasteiger partial charge < -0.3 is 14.8 Å². The van der Waals surface area contributed by atoms with Gasteiger partial charge in [0.1, 0.15) is 11.8 Å². The molecular formula is C23H26N2O4. The molecule has 2 aromatic carbocycles. The molecule has 0 unspecified atom stereocenters. The molecule has 0 spiro atoms. The quantitative estimate of drug-likeness (QED) is 0.742. The Balaban J connectivity index is 1.93. The van der Waals surface area contributed by atoms with Crippen molar-refractivity contribution in [2.24, 2.45) is 0 Å². The number of nitrogens with one attached hydrogen (secondary N) is 1. The average Bonchev–Trinajstić information content (AvgIpc) is 2.67. The number of hydrogen-bond donors (Lipinski definition) is 1. The van der Waals surface area contributed by atoms with Crippen LogP contribution in [0.25, 0.3) is 0 Å². The van der Waals surface area contributed by atoms with Crippen molar-refractivity contribution < 1.29 is 19.1 Å². The van der Waals surface area contributed by atoms with Crippen molar-refractivity contribution in [3.63, 3.8) is 0 Å². The van der Waals surface area contributed by atoms with Gasteiger partial charge in [0, 0.05) is 0 Å². The van der Waals surface area contributed by atoms with Crippen molar-refractivity contribution in [3.05, 3.63) is 59.7 Å². The summed E-state index contributed by atoms with van der Waals surface area (Å²) >= 11 is 0. The standard InChI is InChI=1S/C23H26N2O4/c1-15(21(26)25-20-9-7-6-8-17(20)14-24)29-22(27)16(2)28-19-12-10-18(11-13-19)23(3,4)5/h6-13,15-16H,1-5H3,(H,25,26)/t15-,16+/m1/s1. The van der Waals surface area contributed by atoms with Gasteiger partial charge in [-0.1, -0.05) is 45.0 Å². The number of rotatable bonds is 6. The number of nitriles is 1. The van der Waals surface area contributed by atoms with Crippen LogP contribution in [0.3, 0.4) is 0 Å². The Morgan fingerprint density at radius 2 is 1.62 bits per heavy atom. The van der Waals surface area contributed by atoms with Gasteiger partial charge in [-0.2, -0.15) is 5.26 Å². The third kappa shape index (κ3) is 6.08. The number of amides is 1. The molecule has 6 heteroatoms. The van der Waals surface area contributed by atoms with Crippen LogP contribution < -0.4 is 10.1 Å². The number of anilines is 1. The van der Waals surface area contributed by atoms with Crippen LogP contribution in [0, 0.1) is 11.3 Å². The second kappa shape index (κ2) is 9.24. The zero-order valence-electron chi connectivity index (χ0n) is 17.4. The molecule has 0 aliphatic rings. The minimum atomic E-state index is -1.04. The first-order valence-corrected chi connectivity index (χ1v) is 9.39. The summed E-state index contributed by atoms with van der Waals surface area (Å²) in [5.74, 6) is -0.633. The van der Waals surface area contributed by atoms with E-state index in [2.05, 4.69) is 26.1 Å². The summed E-state index contributed by atoms with van der Waals surface area (Å²) in [6.45, 7) is 9.38. The highest BCUT2D eigenvalue weighted by Crippen LogP contribution is 2.24. The van der Waals surface area contributed by atoms with E-state index in [4.69, 9.17) is 14.7 Å². The molecule has 152 valence electrons. The summed E-state index contributed by atoms with van der Waals surface area (Å²) < 4.78 is 10.8. The summed E-state index contributed by atoms with van der Waals surface area (Å²) in [5.41, 5.74) is 1.87. The molecular weight excluding hydrogens is 368 g/mol. The molecule has 0 aromatic heterocycles. The summed E-state index contributed by atoms with van der Waals surface area (Å²) in [5, 5.41) is 11.7. The van der Waals surface area contributed by atoms with Crippen LogP contribution in [0.5, 0.6) is 5.75 Å². The number of para-hydroxylation sites is 1. The van der Waals surface area contributed by atoms with Gasteiger partial charge in [0.15, 0.2) is 12.2 Å². The molecule has 0 fully saturated rings. The Labute approximate surface area is 171 Å². The van der Waals surface area contributed by atoms with Crippen LogP contribution in [-0.4, -0.2) is 24.1 Å². The highest BCUT2D eigenvalue weighted by molar-refractivity contribution is 5.96. The highest BCUT2D eigenvalue weighted by Gasteiger charge is 2.24. The fourth-order valence-electron chi connectivity index (χ4n) is 2.53. The third-order valence-corrected chi connectivity index (χ3v) is 4.33. The van der Waals surface area contributed by atoms with E-state index in [1.54, 1.807) is 43.3 Å². The molecule has 6 nitrogen and oxygen atoms in total. The maximum Gasteiger partial charge on any atom is 0.347 e. The van der Waals surface area contributed by atoms with Gasteiger partial charge in [-0.25, -0.2) is 4.79 Å². The molecule has 2 atom stereocenters. The van der Waals surface area contributed by atoms with E-state index < -0.39 is 24.1 Å². The zero-order valence-corrected chi connectivity index (χ0v) is 17.4. The Hall–Kier alpha value is -3.33. The molecule has 0 saturated carbocycles. The lowest BCUT2D eigenvalue weighted by atomic mass is 9.87. The van der Waals surface area contributed by atoms with Gasteiger partial charge in [0.25, 0.3) is 5.91 Å². The fraction of sp³-hybridized carbons (Fsp3) is 0.348. The van der Waals surface area contributed by atoms with E-state index in [-0.39, 0.29) is 5.41 Å². The minimum Gasteiger partial charge on any atom is -0.479 e. The third-order valence-electron chi connectivity index (χ3n) is 4.33. The van der Waals surface area contributed by atoms with E-state index in [0.29, 0.717) is 17.0 Å². The summed E-state index contributed by atoms with van der Waals surface area (Å²) in [6.07, 6.45) is -1.92. The molecule has 2 rings (SSSR count). The largest absolute Gasteiger partial charge is 0.479 e. The van der Waals surface area contributed by atoms with Gasteiger partial charge in [-0.3, -0.25) is 4.79 Å². The predicted molar refractivity (Wildman–Crippen MR) is 111 cm³/mol. The van der Waals surface area contributed by atoms with Crippen LogP contribution in [0.4, 0.5) is 5.69 Å². The first-order chi connectivity index (χ1) is 13.6. The van der Waals surface area contributed by atoms with Crippen molar-refractivity contribution >= 4 is 17.6 Å². The van der Waals surface area contributed by atoms with Crippen LogP contribution >= 0.6 is 0 Å². The fourth-order valence-corrected chi connectivity index (χ4v) is 2.53. The second-order valence-corrected chi connectivity index (χ2v) is 7.76. The number of benzene rings is 2. The second-order valence-electron chi connectivity index (χ2n) is 7.76.